The number of benzene rings is 1. The van der Waals surface area contributed by atoms with Gasteiger partial charge in [-0.05, 0) is 39.0 Å². The third kappa shape index (κ3) is 3.16. The van der Waals surface area contributed by atoms with Crippen molar-refractivity contribution in [2.75, 3.05) is 19.9 Å². The Morgan fingerprint density at radius 1 is 1.43 bits per heavy atom. The normalized spacial score (nSPS) is 20.8. The van der Waals surface area contributed by atoms with Gasteiger partial charge in [-0.1, -0.05) is 0 Å². The highest BCUT2D eigenvalue weighted by Gasteiger charge is 2.39. The fourth-order valence-electron chi connectivity index (χ4n) is 2.64. The highest BCUT2D eigenvalue weighted by Crippen LogP contribution is 2.44. The molecule has 5 nitrogen and oxygen atoms in total. The summed E-state index contributed by atoms with van der Waals surface area (Å²) in [5.74, 6) is 1.50. The van der Waals surface area contributed by atoms with Crippen molar-refractivity contribution >= 4 is 10.0 Å². The van der Waals surface area contributed by atoms with Crippen molar-refractivity contribution in [3.63, 3.8) is 0 Å². The maximum absolute atomic E-state index is 12.2. The van der Waals surface area contributed by atoms with E-state index in [-0.39, 0.29) is 11.8 Å². The van der Waals surface area contributed by atoms with Crippen LogP contribution in [0.15, 0.2) is 18.2 Å². The Kier molecular flexibility index (Phi) is 4.22. The molecule has 0 amide bonds. The van der Waals surface area contributed by atoms with Crippen molar-refractivity contribution in [3.8, 4) is 11.5 Å². The van der Waals surface area contributed by atoms with E-state index in [1.165, 1.54) is 4.31 Å². The summed E-state index contributed by atoms with van der Waals surface area (Å²) in [7, 11) is -0.0461. The summed E-state index contributed by atoms with van der Waals surface area (Å²) in [4.78, 5) is 0. The number of fused-ring (bicyclic) bond motifs is 1. The zero-order valence-corrected chi connectivity index (χ0v) is 14.0. The lowest BCUT2D eigenvalue weighted by atomic mass is 9.89. The van der Waals surface area contributed by atoms with E-state index in [1.807, 2.05) is 32.0 Å². The first-order valence-electron chi connectivity index (χ1n) is 7.03. The molecule has 2 rings (SSSR count). The summed E-state index contributed by atoms with van der Waals surface area (Å²) < 4.78 is 37.1. The summed E-state index contributed by atoms with van der Waals surface area (Å²) in [6.45, 7) is 5.60. The zero-order chi connectivity index (χ0) is 15.8. The minimum atomic E-state index is -3.27. The SMILES string of the molecule is CCS(=O)(=O)N(C)C1CC(C)(C)Oc2ccc(OC)cc21. The van der Waals surface area contributed by atoms with Gasteiger partial charge < -0.3 is 9.47 Å². The molecule has 0 radical (unpaired) electrons. The molecule has 1 atom stereocenters. The summed E-state index contributed by atoms with van der Waals surface area (Å²) in [6.07, 6.45) is 0.600. The zero-order valence-electron chi connectivity index (χ0n) is 13.2. The number of nitrogens with zero attached hydrogens (tertiary/aromatic N) is 1. The minimum Gasteiger partial charge on any atom is -0.497 e. The monoisotopic (exact) mass is 313 g/mol. The second-order valence-corrected chi connectivity index (χ2v) is 8.22. The summed E-state index contributed by atoms with van der Waals surface area (Å²) >= 11 is 0. The van der Waals surface area contributed by atoms with Crippen molar-refractivity contribution < 1.29 is 17.9 Å². The van der Waals surface area contributed by atoms with Crippen LogP contribution in [0.1, 0.15) is 38.8 Å². The molecule has 0 bridgehead atoms. The first-order chi connectivity index (χ1) is 9.70. The first-order valence-corrected chi connectivity index (χ1v) is 8.64. The molecule has 6 heteroatoms. The topological polar surface area (TPSA) is 55.8 Å². The molecule has 1 aromatic rings. The van der Waals surface area contributed by atoms with Crippen molar-refractivity contribution in [1.29, 1.82) is 0 Å². The molecule has 0 fully saturated rings. The Labute approximate surface area is 126 Å². The molecule has 0 spiro atoms. The van der Waals surface area contributed by atoms with E-state index >= 15 is 0 Å². The van der Waals surface area contributed by atoms with Crippen LogP contribution in [0.25, 0.3) is 0 Å². The van der Waals surface area contributed by atoms with Crippen LogP contribution in [-0.4, -0.2) is 38.2 Å². The second-order valence-electron chi connectivity index (χ2n) is 5.90. The number of rotatable bonds is 4. The van der Waals surface area contributed by atoms with E-state index < -0.39 is 15.6 Å². The van der Waals surface area contributed by atoms with Gasteiger partial charge in [-0.15, -0.1) is 0 Å². The maximum Gasteiger partial charge on any atom is 0.214 e. The van der Waals surface area contributed by atoms with E-state index in [2.05, 4.69) is 0 Å². The maximum atomic E-state index is 12.2. The van der Waals surface area contributed by atoms with Gasteiger partial charge in [0.1, 0.15) is 17.1 Å². The van der Waals surface area contributed by atoms with Crippen LogP contribution in [0.4, 0.5) is 0 Å². The molecule has 1 aromatic carbocycles. The molecule has 0 aliphatic carbocycles. The largest absolute Gasteiger partial charge is 0.497 e. The first kappa shape index (κ1) is 16.1. The molecule has 1 unspecified atom stereocenters. The minimum absolute atomic E-state index is 0.0839. The molecule has 0 aromatic heterocycles. The van der Waals surface area contributed by atoms with Crippen molar-refractivity contribution in [2.24, 2.45) is 0 Å². The van der Waals surface area contributed by atoms with Crippen LogP contribution in [0, 0.1) is 0 Å². The Hall–Kier alpha value is -1.27. The van der Waals surface area contributed by atoms with Crippen LogP contribution in [0.5, 0.6) is 11.5 Å². The van der Waals surface area contributed by atoms with Gasteiger partial charge in [-0.3, -0.25) is 0 Å². The Morgan fingerprint density at radius 3 is 2.67 bits per heavy atom. The van der Waals surface area contributed by atoms with E-state index in [4.69, 9.17) is 9.47 Å². The van der Waals surface area contributed by atoms with Gasteiger partial charge >= 0.3 is 0 Å². The highest BCUT2D eigenvalue weighted by atomic mass is 32.2. The van der Waals surface area contributed by atoms with Gasteiger partial charge in [0.2, 0.25) is 10.0 Å². The quantitative estimate of drug-likeness (QED) is 0.857. The van der Waals surface area contributed by atoms with E-state index in [0.717, 1.165) is 11.3 Å². The Morgan fingerprint density at radius 2 is 2.10 bits per heavy atom. The van der Waals surface area contributed by atoms with Gasteiger partial charge in [0.05, 0.1) is 18.9 Å². The van der Waals surface area contributed by atoms with Crippen molar-refractivity contribution in [2.45, 2.75) is 38.8 Å². The summed E-state index contributed by atoms with van der Waals surface area (Å²) in [6, 6.07) is 5.28. The highest BCUT2D eigenvalue weighted by molar-refractivity contribution is 7.89. The van der Waals surface area contributed by atoms with Crippen LogP contribution in [0.3, 0.4) is 0 Å². The Bertz CT molecular complexity index is 625. The average Bonchev–Trinajstić information content (AvgIpc) is 2.44. The lowest BCUT2D eigenvalue weighted by molar-refractivity contribution is 0.0539. The van der Waals surface area contributed by atoms with Crippen molar-refractivity contribution in [3.05, 3.63) is 23.8 Å². The Balaban J connectivity index is 2.51. The molecule has 0 N–H and O–H groups in total. The molecule has 21 heavy (non-hydrogen) atoms. The van der Waals surface area contributed by atoms with Crippen LogP contribution >= 0.6 is 0 Å². The number of sulfonamides is 1. The fourth-order valence-corrected chi connectivity index (χ4v) is 3.63. The van der Waals surface area contributed by atoms with Gasteiger partial charge in [0, 0.05) is 19.0 Å². The number of hydrogen-bond donors (Lipinski definition) is 0. The number of ether oxygens (including phenoxy) is 2. The van der Waals surface area contributed by atoms with Gasteiger partial charge in [-0.2, -0.15) is 4.31 Å². The average molecular weight is 313 g/mol. The van der Waals surface area contributed by atoms with Gasteiger partial charge in [-0.25, -0.2) is 8.42 Å². The van der Waals surface area contributed by atoms with E-state index in [9.17, 15) is 8.42 Å². The molecular formula is C15H23NO4S. The van der Waals surface area contributed by atoms with E-state index in [1.54, 1.807) is 21.1 Å². The third-order valence-corrected chi connectivity index (χ3v) is 5.75. The summed E-state index contributed by atoms with van der Waals surface area (Å²) in [5, 5.41) is 0. The predicted molar refractivity (Wildman–Crippen MR) is 82.3 cm³/mol. The predicted octanol–water partition coefficient (Wildman–Crippen LogP) is 2.58. The van der Waals surface area contributed by atoms with Crippen LogP contribution < -0.4 is 9.47 Å². The molecule has 1 aliphatic rings. The lowest BCUT2D eigenvalue weighted by Crippen LogP contribution is -2.42. The second kappa shape index (κ2) is 5.50. The standard InChI is InChI=1S/C15H23NO4S/c1-6-21(17,18)16(4)13-10-15(2,3)20-14-8-7-11(19-5)9-12(13)14/h7-9,13H,6,10H2,1-5H3. The smallest absolute Gasteiger partial charge is 0.214 e. The number of methoxy groups -OCH3 is 1. The van der Waals surface area contributed by atoms with Gasteiger partial charge in [0.15, 0.2) is 0 Å². The number of hydrogen-bond acceptors (Lipinski definition) is 4. The molecule has 0 saturated heterocycles. The molecule has 0 saturated carbocycles. The van der Waals surface area contributed by atoms with Crippen LogP contribution in [0.2, 0.25) is 0 Å². The molecule has 118 valence electrons. The molecular weight excluding hydrogens is 290 g/mol. The third-order valence-electron chi connectivity index (χ3n) is 3.89. The summed E-state index contributed by atoms with van der Waals surface area (Å²) in [5.41, 5.74) is 0.442. The van der Waals surface area contributed by atoms with Crippen molar-refractivity contribution in [1.82, 2.24) is 4.31 Å². The van der Waals surface area contributed by atoms with Crippen LogP contribution in [-0.2, 0) is 10.0 Å². The van der Waals surface area contributed by atoms with Gasteiger partial charge in [0.25, 0.3) is 0 Å². The fraction of sp³-hybridized carbons (Fsp3) is 0.600. The molecule has 1 heterocycles. The van der Waals surface area contributed by atoms with E-state index in [0.29, 0.717) is 12.2 Å². The molecule has 1 aliphatic heterocycles. The lowest BCUT2D eigenvalue weighted by Gasteiger charge is -2.40.